The first-order chi connectivity index (χ1) is 9.72. The van der Waals surface area contributed by atoms with Gasteiger partial charge in [0, 0.05) is 19.8 Å². The maximum Gasteiger partial charge on any atom is 0.338 e. The van der Waals surface area contributed by atoms with Gasteiger partial charge in [-0.3, -0.25) is 0 Å². The van der Waals surface area contributed by atoms with Gasteiger partial charge in [0.2, 0.25) is 0 Å². The third-order valence-corrected chi connectivity index (χ3v) is 4.25. The zero-order valence-corrected chi connectivity index (χ0v) is 12.0. The van der Waals surface area contributed by atoms with Gasteiger partial charge in [-0.2, -0.15) is 0 Å². The molecule has 0 N–H and O–H groups in total. The molecule has 0 saturated heterocycles. The summed E-state index contributed by atoms with van der Waals surface area (Å²) in [6, 6.07) is 7.80. The fraction of sp³-hybridized carbons (Fsp3) is 0.267. The Balaban J connectivity index is 1.92. The van der Waals surface area contributed by atoms with Crippen LogP contribution in [0.25, 0.3) is 11.1 Å². The average molecular weight is 290 g/mol. The van der Waals surface area contributed by atoms with Crippen LogP contribution in [0, 0.1) is 0 Å². The van der Waals surface area contributed by atoms with Gasteiger partial charge >= 0.3 is 5.97 Å². The molecule has 0 atom stereocenters. The van der Waals surface area contributed by atoms with E-state index in [0.717, 1.165) is 21.6 Å². The number of carbonyl (C=O) groups excluding carboxylic acids is 1. The minimum atomic E-state index is -0.340. The van der Waals surface area contributed by atoms with Crippen LogP contribution in [-0.2, 0) is 20.8 Å². The summed E-state index contributed by atoms with van der Waals surface area (Å²) >= 11 is 1.59. The number of benzene rings is 1. The molecule has 0 amide bonds. The number of ether oxygens (including phenoxy) is 3. The molecule has 2 heterocycles. The molecule has 0 spiro atoms. The summed E-state index contributed by atoms with van der Waals surface area (Å²) in [5, 5.41) is 2.06. The highest BCUT2D eigenvalue weighted by Gasteiger charge is 2.21. The minimum Gasteiger partial charge on any atom is -0.457 e. The topological polar surface area (TPSA) is 44.8 Å². The first-order valence-electron chi connectivity index (χ1n) is 6.17. The largest absolute Gasteiger partial charge is 0.457 e. The fourth-order valence-electron chi connectivity index (χ4n) is 2.27. The monoisotopic (exact) mass is 290 g/mol. The van der Waals surface area contributed by atoms with Crippen LogP contribution in [0.2, 0.25) is 0 Å². The van der Waals surface area contributed by atoms with E-state index in [1.165, 1.54) is 0 Å². The molecule has 4 nitrogen and oxygen atoms in total. The standard InChI is InChI=1S/C15H14O4S/c1-17-15(18-2)13-6-11(8-20-13)9-3-4-12-10(5-9)7-19-14(12)16/h3-6,8,15H,7H2,1-2H3. The van der Waals surface area contributed by atoms with E-state index in [4.69, 9.17) is 14.2 Å². The van der Waals surface area contributed by atoms with E-state index in [1.54, 1.807) is 25.6 Å². The second-order valence-electron chi connectivity index (χ2n) is 4.49. The Kier molecular flexibility index (Phi) is 3.56. The number of hydrogen-bond acceptors (Lipinski definition) is 5. The van der Waals surface area contributed by atoms with Gasteiger partial charge in [0.1, 0.15) is 6.61 Å². The van der Waals surface area contributed by atoms with Crippen LogP contribution in [-0.4, -0.2) is 20.2 Å². The molecule has 1 aliphatic heterocycles. The Bertz CT molecular complexity index is 643. The van der Waals surface area contributed by atoms with Crippen molar-refractivity contribution in [3.05, 3.63) is 45.6 Å². The summed E-state index contributed by atoms with van der Waals surface area (Å²) in [5.74, 6) is -0.239. The average Bonchev–Trinajstić information content (AvgIpc) is 3.08. The van der Waals surface area contributed by atoms with Gasteiger partial charge in [-0.25, -0.2) is 4.79 Å². The van der Waals surface area contributed by atoms with E-state index in [0.29, 0.717) is 12.2 Å². The highest BCUT2D eigenvalue weighted by Crippen LogP contribution is 2.33. The molecule has 0 unspecified atom stereocenters. The van der Waals surface area contributed by atoms with Crippen molar-refractivity contribution < 1.29 is 19.0 Å². The van der Waals surface area contributed by atoms with Gasteiger partial charge in [0.05, 0.1) is 10.4 Å². The molecular weight excluding hydrogens is 276 g/mol. The summed E-state index contributed by atoms with van der Waals surface area (Å²) in [6.07, 6.45) is -0.340. The van der Waals surface area contributed by atoms with Gasteiger partial charge < -0.3 is 14.2 Å². The molecule has 1 aromatic carbocycles. The Labute approximate surface area is 120 Å². The predicted octanol–water partition coefficient (Wildman–Crippen LogP) is 3.38. The van der Waals surface area contributed by atoms with Crippen molar-refractivity contribution >= 4 is 17.3 Å². The van der Waals surface area contributed by atoms with Gasteiger partial charge in [-0.1, -0.05) is 6.07 Å². The zero-order chi connectivity index (χ0) is 14.1. The van der Waals surface area contributed by atoms with E-state index in [1.807, 2.05) is 24.3 Å². The number of rotatable bonds is 4. The lowest BCUT2D eigenvalue weighted by molar-refractivity contribution is -0.103. The van der Waals surface area contributed by atoms with E-state index in [-0.39, 0.29) is 12.3 Å². The Morgan fingerprint density at radius 2 is 2.00 bits per heavy atom. The summed E-state index contributed by atoms with van der Waals surface area (Å²) < 4.78 is 15.5. The first kappa shape index (κ1) is 13.3. The molecule has 0 aliphatic carbocycles. The third-order valence-electron chi connectivity index (χ3n) is 3.30. The van der Waals surface area contributed by atoms with Gasteiger partial charge in [0.15, 0.2) is 6.29 Å². The van der Waals surface area contributed by atoms with Crippen molar-refractivity contribution in [3.8, 4) is 11.1 Å². The lowest BCUT2D eigenvalue weighted by Crippen LogP contribution is -2.00. The second kappa shape index (κ2) is 5.36. The Morgan fingerprint density at radius 3 is 2.75 bits per heavy atom. The van der Waals surface area contributed by atoms with Crippen LogP contribution >= 0.6 is 11.3 Å². The van der Waals surface area contributed by atoms with Gasteiger partial charge in [-0.05, 0) is 34.7 Å². The van der Waals surface area contributed by atoms with Gasteiger partial charge in [-0.15, -0.1) is 11.3 Å². The highest BCUT2D eigenvalue weighted by molar-refractivity contribution is 7.10. The maximum absolute atomic E-state index is 11.4. The number of esters is 1. The molecule has 1 aliphatic rings. The maximum atomic E-state index is 11.4. The quantitative estimate of drug-likeness (QED) is 0.639. The lowest BCUT2D eigenvalue weighted by Gasteiger charge is -2.10. The minimum absolute atomic E-state index is 0.239. The smallest absolute Gasteiger partial charge is 0.338 e. The molecule has 0 radical (unpaired) electrons. The van der Waals surface area contributed by atoms with Crippen molar-refractivity contribution in [1.29, 1.82) is 0 Å². The van der Waals surface area contributed by atoms with Crippen LogP contribution in [0.15, 0.2) is 29.6 Å². The summed E-state index contributed by atoms with van der Waals surface area (Å²) in [6.45, 7) is 0.359. The second-order valence-corrected chi connectivity index (χ2v) is 5.43. The van der Waals surface area contributed by atoms with E-state index >= 15 is 0 Å². The van der Waals surface area contributed by atoms with Gasteiger partial charge in [0.25, 0.3) is 0 Å². The number of cyclic esters (lactones) is 1. The van der Waals surface area contributed by atoms with Crippen LogP contribution in [0.3, 0.4) is 0 Å². The SMILES string of the molecule is COC(OC)c1cc(-c2ccc3c(c2)COC3=O)cs1. The van der Waals surface area contributed by atoms with Crippen LogP contribution in [0.1, 0.15) is 27.1 Å². The predicted molar refractivity (Wildman–Crippen MR) is 75.6 cm³/mol. The van der Waals surface area contributed by atoms with Crippen LogP contribution < -0.4 is 0 Å². The summed E-state index contributed by atoms with van der Waals surface area (Å²) in [7, 11) is 3.23. The van der Waals surface area contributed by atoms with Crippen molar-refractivity contribution in [2.24, 2.45) is 0 Å². The normalized spacial score (nSPS) is 13.7. The van der Waals surface area contributed by atoms with Crippen molar-refractivity contribution in [2.45, 2.75) is 12.9 Å². The van der Waals surface area contributed by atoms with Crippen molar-refractivity contribution in [2.75, 3.05) is 14.2 Å². The molecule has 3 rings (SSSR count). The fourth-order valence-corrected chi connectivity index (χ4v) is 3.23. The molecule has 0 fully saturated rings. The number of methoxy groups -OCH3 is 2. The lowest BCUT2D eigenvalue weighted by atomic mass is 10.0. The number of hydrogen-bond donors (Lipinski definition) is 0. The summed E-state index contributed by atoms with van der Waals surface area (Å²) in [5.41, 5.74) is 3.76. The third kappa shape index (κ3) is 2.24. The van der Waals surface area contributed by atoms with Crippen molar-refractivity contribution in [1.82, 2.24) is 0 Å². The molecular formula is C15H14O4S. The zero-order valence-electron chi connectivity index (χ0n) is 11.2. The van der Waals surface area contributed by atoms with E-state index in [2.05, 4.69) is 5.38 Å². The number of thiophene rings is 1. The van der Waals surface area contributed by atoms with Crippen LogP contribution in [0.5, 0.6) is 0 Å². The van der Waals surface area contributed by atoms with E-state index in [9.17, 15) is 4.79 Å². The molecule has 104 valence electrons. The van der Waals surface area contributed by atoms with Crippen LogP contribution in [0.4, 0.5) is 0 Å². The number of carbonyl (C=O) groups is 1. The summed E-state index contributed by atoms with van der Waals surface area (Å²) in [4.78, 5) is 12.4. The first-order valence-corrected chi connectivity index (χ1v) is 7.05. The Hall–Kier alpha value is -1.69. The highest BCUT2D eigenvalue weighted by atomic mass is 32.1. The molecule has 1 aromatic heterocycles. The Morgan fingerprint density at radius 1 is 1.20 bits per heavy atom. The molecule has 0 bridgehead atoms. The number of fused-ring (bicyclic) bond motifs is 1. The van der Waals surface area contributed by atoms with Crippen molar-refractivity contribution in [3.63, 3.8) is 0 Å². The molecule has 5 heteroatoms. The molecule has 0 saturated carbocycles. The van der Waals surface area contributed by atoms with E-state index < -0.39 is 0 Å². The molecule has 2 aromatic rings. The molecule has 20 heavy (non-hydrogen) atoms.